The Kier molecular flexibility index (Phi) is 3.99. The molecule has 0 fully saturated rings. The van der Waals surface area contributed by atoms with E-state index in [0.717, 1.165) is 5.82 Å². The quantitative estimate of drug-likeness (QED) is 0.904. The zero-order chi connectivity index (χ0) is 13.8. The molecular formula is C13H15F2N3O. The number of nitrogens with one attached hydrogen (secondary N) is 1. The first kappa shape index (κ1) is 13.3. The lowest BCUT2D eigenvalue weighted by atomic mass is 10.2. The highest BCUT2D eigenvalue weighted by Gasteiger charge is 2.11. The molecule has 0 amide bonds. The second-order valence-corrected chi connectivity index (χ2v) is 4.17. The molecule has 0 radical (unpaired) electrons. The Morgan fingerprint density at radius 3 is 2.79 bits per heavy atom. The van der Waals surface area contributed by atoms with Crippen molar-refractivity contribution < 1.29 is 13.5 Å². The van der Waals surface area contributed by atoms with Crippen molar-refractivity contribution in [3.8, 4) is 5.75 Å². The van der Waals surface area contributed by atoms with Crippen LogP contribution in [0.1, 0.15) is 18.8 Å². The molecule has 1 N–H and O–H groups in total. The van der Waals surface area contributed by atoms with Crippen molar-refractivity contribution in [3.05, 3.63) is 42.5 Å². The van der Waals surface area contributed by atoms with Crippen LogP contribution in [0.15, 0.2) is 36.7 Å². The molecule has 102 valence electrons. The van der Waals surface area contributed by atoms with Crippen molar-refractivity contribution in [1.82, 2.24) is 9.55 Å². The predicted molar refractivity (Wildman–Crippen MR) is 68.3 cm³/mol. The van der Waals surface area contributed by atoms with Crippen LogP contribution >= 0.6 is 0 Å². The molecule has 1 aromatic carbocycles. The molecule has 1 atom stereocenters. The zero-order valence-electron chi connectivity index (χ0n) is 10.7. The fourth-order valence-electron chi connectivity index (χ4n) is 1.87. The van der Waals surface area contributed by atoms with Gasteiger partial charge in [-0.2, -0.15) is 8.78 Å². The van der Waals surface area contributed by atoms with E-state index in [1.54, 1.807) is 18.3 Å². The summed E-state index contributed by atoms with van der Waals surface area (Å²) in [6.07, 6.45) is 3.56. The lowest BCUT2D eigenvalue weighted by Gasteiger charge is -2.15. The molecule has 1 heterocycles. The molecular weight excluding hydrogens is 252 g/mol. The summed E-state index contributed by atoms with van der Waals surface area (Å²) in [5, 5.41) is 3.19. The first-order valence-electron chi connectivity index (χ1n) is 5.85. The zero-order valence-corrected chi connectivity index (χ0v) is 10.7. The summed E-state index contributed by atoms with van der Waals surface area (Å²) in [5.41, 5.74) is 0.702. The van der Waals surface area contributed by atoms with E-state index >= 15 is 0 Å². The molecule has 2 aromatic rings. The number of aryl methyl sites for hydroxylation is 1. The molecule has 0 aliphatic rings. The summed E-state index contributed by atoms with van der Waals surface area (Å²) in [4.78, 5) is 4.23. The van der Waals surface area contributed by atoms with Gasteiger partial charge in [-0.05, 0) is 19.1 Å². The number of rotatable bonds is 5. The number of hydrogen-bond acceptors (Lipinski definition) is 3. The number of imidazole rings is 1. The van der Waals surface area contributed by atoms with Crippen LogP contribution in [-0.4, -0.2) is 16.2 Å². The average Bonchev–Trinajstić information content (AvgIpc) is 2.75. The Hall–Kier alpha value is -2.11. The number of hydrogen-bond donors (Lipinski definition) is 1. The Balaban J connectivity index is 2.09. The van der Waals surface area contributed by atoms with Gasteiger partial charge in [0.25, 0.3) is 0 Å². The summed E-state index contributed by atoms with van der Waals surface area (Å²) in [6.45, 7) is -0.870. The van der Waals surface area contributed by atoms with Crippen LogP contribution < -0.4 is 10.1 Å². The monoisotopic (exact) mass is 267 g/mol. The van der Waals surface area contributed by atoms with Crippen molar-refractivity contribution in [1.29, 1.82) is 0 Å². The van der Waals surface area contributed by atoms with E-state index in [2.05, 4.69) is 15.0 Å². The number of anilines is 1. The van der Waals surface area contributed by atoms with Crippen molar-refractivity contribution in [3.63, 3.8) is 0 Å². The number of aromatic nitrogens is 2. The first-order valence-corrected chi connectivity index (χ1v) is 5.85. The molecule has 0 saturated heterocycles. The minimum atomic E-state index is -2.82. The Morgan fingerprint density at radius 1 is 1.37 bits per heavy atom. The van der Waals surface area contributed by atoms with Crippen LogP contribution in [0.25, 0.3) is 0 Å². The smallest absolute Gasteiger partial charge is 0.387 e. The van der Waals surface area contributed by atoms with Gasteiger partial charge in [0.1, 0.15) is 11.6 Å². The van der Waals surface area contributed by atoms with Crippen LogP contribution in [0.5, 0.6) is 5.75 Å². The summed E-state index contributed by atoms with van der Waals surface area (Å²) in [6, 6.07) is 6.43. The van der Waals surface area contributed by atoms with Crippen LogP contribution in [0.2, 0.25) is 0 Å². The van der Waals surface area contributed by atoms with Gasteiger partial charge in [-0.1, -0.05) is 6.07 Å². The molecule has 0 bridgehead atoms. The van der Waals surface area contributed by atoms with E-state index in [4.69, 9.17) is 0 Å². The molecule has 1 unspecified atom stereocenters. The summed E-state index contributed by atoms with van der Waals surface area (Å²) >= 11 is 0. The molecule has 0 aliphatic heterocycles. The third-order valence-corrected chi connectivity index (χ3v) is 2.69. The largest absolute Gasteiger partial charge is 0.435 e. The fraction of sp³-hybridized carbons (Fsp3) is 0.308. The van der Waals surface area contributed by atoms with Gasteiger partial charge in [-0.3, -0.25) is 0 Å². The second kappa shape index (κ2) is 5.69. The maximum atomic E-state index is 12.1. The molecule has 6 heteroatoms. The highest BCUT2D eigenvalue weighted by Crippen LogP contribution is 2.22. The average molecular weight is 267 g/mol. The molecule has 2 rings (SSSR count). The van der Waals surface area contributed by atoms with E-state index in [9.17, 15) is 8.78 Å². The minimum absolute atomic E-state index is 0.0400. The van der Waals surface area contributed by atoms with Crippen molar-refractivity contribution >= 4 is 5.69 Å². The highest BCUT2D eigenvalue weighted by atomic mass is 19.3. The van der Waals surface area contributed by atoms with Crippen LogP contribution in [-0.2, 0) is 7.05 Å². The van der Waals surface area contributed by atoms with Gasteiger partial charge in [-0.25, -0.2) is 4.98 Å². The number of alkyl halides is 2. The standard InChI is InChI=1S/C13H15F2N3O/c1-9(12-16-6-7-18(12)2)17-10-4-3-5-11(8-10)19-13(14)15/h3-9,13,17H,1-2H3. The third-order valence-electron chi connectivity index (χ3n) is 2.69. The second-order valence-electron chi connectivity index (χ2n) is 4.17. The van der Waals surface area contributed by atoms with E-state index in [1.807, 2.05) is 24.7 Å². The summed E-state index contributed by atoms with van der Waals surface area (Å²) in [7, 11) is 1.90. The normalized spacial score (nSPS) is 12.5. The van der Waals surface area contributed by atoms with Gasteiger partial charge < -0.3 is 14.6 Å². The summed E-state index contributed by atoms with van der Waals surface area (Å²) in [5.74, 6) is 0.993. The number of nitrogens with zero attached hydrogens (tertiary/aromatic N) is 2. The first-order chi connectivity index (χ1) is 9.06. The van der Waals surface area contributed by atoms with E-state index < -0.39 is 6.61 Å². The number of benzene rings is 1. The Labute approximate surface area is 110 Å². The van der Waals surface area contributed by atoms with Crippen molar-refractivity contribution in [2.75, 3.05) is 5.32 Å². The van der Waals surface area contributed by atoms with Crippen LogP contribution in [0.4, 0.5) is 14.5 Å². The maximum absolute atomic E-state index is 12.1. The van der Waals surface area contributed by atoms with E-state index in [1.165, 1.54) is 12.1 Å². The van der Waals surface area contributed by atoms with Crippen LogP contribution in [0.3, 0.4) is 0 Å². The SMILES string of the molecule is CC(Nc1cccc(OC(F)F)c1)c1nccn1C. The molecule has 4 nitrogen and oxygen atoms in total. The highest BCUT2D eigenvalue weighted by molar-refractivity contribution is 5.49. The maximum Gasteiger partial charge on any atom is 0.387 e. The fourth-order valence-corrected chi connectivity index (χ4v) is 1.87. The Morgan fingerprint density at radius 2 is 2.16 bits per heavy atom. The predicted octanol–water partition coefficient (Wildman–Crippen LogP) is 3.19. The molecule has 1 aromatic heterocycles. The van der Waals surface area contributed by atoms with Crippen LogP contribution in [0, 0.1) is 0 Å². The lowest BCUT2D eigenvalue weighted by molar-refractivity contribution is -0.0498. The minimum Gasteiger partial charge on any atom is -0.435 e. The van der Waals surface area contributed by atoms with Gasteiger partial charge in [0, 0.05) is 31.2 Å². The lowest BCUT2D eigenvalue weighted by Crippen LogP contribution is -2.12. The molecule has 19 heavy (non-hydrogen) atoms. The van der Waals surface area contributed by atoms with E-state index in [0.29, 0.717) is 5.69 Å². The molecule has 0 aliphatic carbocycles. The topological polar surface area (TPSA) is 39.1 Å². The van der Waals surface area contributed by atoms with Gasteiger partial charge in [0.15, 0.2) is 0 Å². The van der Waals surface area contributed by atoms with Gasteiger partial charge in [-0.15, -0.1) is 0 Å². The van der Waals surface area contributed by atoms with E-state index in [-0.39, 0.29) is 11.8 Å². The molecule has 0 saturated carbocycles. The van der Waals surface area contributed by atoms with Crippen molar-refractivity contribution in [2.45, 2.75) is 19.6 Å². The Bertz CT molecular complexity index is 542. The molecule has 0 spiro atoms. The number of halogens is 2. The van der Waals surface area contributed by atoms with Crippen molar-refractivity contribution in [2.24, 2.45) is 7.05 Å². The van der Waals surface area contributed by atoms with Gasteiger partial charge in [0.05, 0.1) is 6.04 Å². The van der Waals surface area contributed by atoms with Gasteiger partial charge in [0.2, 0.25) is 0 Å². The van der Waals surface area contributed by atoms with Gasteiger partial charge >= 0.3 is 6.61 Å². The number of ether oxygens (including phenoxy) is 1. The summed E-state index contributed by atoms with van der Waals surface area (Å²) < 4.78 is 30.5. The third kappa shape index (κ3) is 3.43.